The minimum atomic E-state index is -1.21. The van der Waals surface area contributed by atoms with E-state index in [4.69, 9.17) is 19.0 Å². The summed E-state index contributed by atoms with van der Waals surface area (Å²) in [4.78, 5) is 35.7. The van der Waals surface area contributed by atoms with Crippen molar-refractivity contribution in [2.75, 3.05) is 6.79 Å². The molecule has 1 aliphatic rings. The van der Waals surface area contributed by atoms with Crippen LogP contribution in [0.25, 0.3) is 6.08 Å². The fourth-order valence-corrected chi connectivity index (χ4v) is 2.26. The summed E-state index contributed by atoms with van der Waals surface area (Å²) in [6, 6.07) is 6.79. The average molecular weight is 372 g/mol. The Morgan fingerprint density at radius 1 is 1.19 bits per heavy atom. The number of benzene rings is 1. The van der Waals surface area contributed by atoms with Crippen LogP contribution >= 0.6 is 0 Å². The summed E-state index contributed by atoms with van der Waals surface area (Å²) in [7, 11) is 0. The van der Waals surface area contributed by atoms with E-state index < -0.39 is 23.8 Å². The summed E-state index contributed by atoms with van der Waals surface area (Å²) in [5.74, 6) is -1.54. The van der Waals surface area contributed by atoms with Gasteiger partial charge in [-0.2, -0.15) is 0 Å². The maximum atomic E-state index is 12.5. The molecule has 2 heterocycles. The summed E-state index contributed by atoms with van der Waals surface area (Å²) in [5, 5.41) is 13.7. The van der Waals surface area contributed by atoms with Gasteiger partial charge in [-0.25, -0.2) is 0 Å². The lowest BCUT2D eigenvalue weighted by atomic mass is 10.1. The molecule has 0 saturated carbocycles. The highest BCUT2D eigenvalue weighted by Crippen LogP contribution is 2.33. The molecule has 3 rings (SSSR count). The molecule has 27 heavy (non-hydrogen) atoms. The topological polar surface area (TPSA) is 127 Å². The minimum Gasteiger partial charge on any atom is -0.480 e. The largest absolute Gasteiger partial charge is 0.480 e. The summed E-state index contributed by atoms with van der Waals surface area (Å²) < 4.78 is 15.5. The van der Waals surface area contributed by atoms with Gasteiger partial charge >= 0.3 is 5.97 Å². The van der Waals surface area contributed by atoms with E-state index in [1.807, 2.05) is 0 Å². The van der Waals surface area contributed by atoms with Gasteiger partial charge in [0.2, 0.25) is 6.79 Å². The highest BCUT2D eigenvalue weighted by molar-refractivity contribution is 6.05. The highest BCUT2D eigenvalue weighted by atomic mass is 16.7. The van der Waals surface area contributed by atoms with Crippen molar-refractivity contribution >= 4 is 23.9 Å². The average Bonchev–Trinajstić information content (AvgIpc) is 3.32. The van der Waals surface area contributed by atoms with Gasteiger partial charge in [0.15, 0.2) is 17.3 Å². The van der Waals surface area contributed by atoms with Crippen LogP contribution in [0.15, 0.2) is 46.7 Å². The number of amides is 2. The molecule has 0 bridgehead atoms. The summed E-state index contributed by atoms with van der Waals surface area (Å²) in [6.07, 6.45) is 2.72. The quantitative estimate of drug-likeness (QED) is 0.654. The van der Waals surface area contributed by atoms with Crippen LogP contribution in [0.5, 0.6) is 11.5 Å². The monoisotopic (exact) mass is 372 g/mol. The number of rotatable bonds is 6. The Bertz CT molecular complexity index is 902. The maximum absolute atomic E-state index is 12.5. The van der Waals surface area contributed by atoms with E-state index in [9.17, 15) is 14.4 Å². The number of carboxylic acid groups (broad SMARTS) is 1. The first-order valence-corrected chi connectivity index (χ1v) is 7.94. The van der Waals surface area contributed by atoms with E-state index in [0.717, 1.165) is 0 Å². The second kappa shape index (κ2) is 7.65. The van der Waals surface area contributed by atoms with Crippen molar-refractivity contribution in [1.82, 2.24) is 10.6 Å². The number of carbonyl (C=O) groups excluding carboxylic acids is 2. The molecule has 0 spiro atoms. The van der Waals surface area contributed by atoms with Crippen LogP contribution in [0.4, 0.5) is 0 Å². The van der Waals surface area contributed by atoms with Crippen LogP contribution in [0.3, 0.4) is 0 Å². The first kappa shape index (κ1) is 18.1. The number of carboxylic acids is 1. The van der Waals surface area contributed by atoms with Gasteiger partial charge in [-0.15, -0.1) is 0 Å². The fraction of sp³-hybridized carbons (Fsp3) is 0.167. The van der Waals surface area contributed by atoms with Crippen molar-refractivity contribution in [3.05, 3.63) is 53.6 Å². The Kier molecular flexibility index (Phi) is 5.11. The number of fused-ring (bicyclic) bond motifs is 1. The first-order chi connectivity index (χ1) is 12.9. The summed E-state index contributed by atoms with van der Waals surface area (Å²) in [6.45, 7) is 1.41. The Labute approximate surface area is 153 Å². The van der Waals surface area contributed by atoms with Crippen molar-refractivity contribution in [2.45, 2.75) is 13.0 Å². The lowest BCUT2D eigenvalue weighted by Crippen LogP contribution is -2.42. The molecule has 9 nitrogen and oxygen atoms in total. The zero-order valence-corrected chi connectivity index (χ0v) is 14.2. The van der Waals surface area contributed by atoms with Gasteiger partial charge in [0.25, 0.3) is 11.8 Å². The molecule has 1 aromatic heterocycles. The molecule has 1 unspecified atom stereocenters. The molecule has 9 heteroatoms. The molecular weight excluding hydrogens is 356 g/mol. The molecule has 0 fully saturated rings. The van der Waals surface area contributed by atoms with Gasteiger partial charge in [0, 0.05) is 0 Å². The SMILES string of the molecule is CC(NC(=O)/C(=C/c1ccc2c(c1)OCO2)NC(=O)c1ccco1)C(=O)O. The van der Waals surface area contributed by atoms with Gasteiger partial charge in [0.05, 0.1) is 6.26 Å². The number of ether oxygens (including phenoxy) is 2. The lowest BCUT2D eigenvalue weighted by molar-refractivity contribution is -0.140. The zero-order chi connectivity index (χ0) is 19.4. The van der Waals surface area contributed by atoms with Gasteiger partial charge in [-0.3, -0.25) is 14.4 Å². The standard InChI is InChI=1S/C18H16N2O7/c1-10(18(23)24)19-16(21)12(20-17(22)14-3-2-6-25-14)7-11-4-5-13-15(8-11)27-9-26-13/h2-8,10H,9H2,1H3,(H,19,21)(H,20,22)(H,23,24)/b12-7-. The van der Waals surface area contributed by atoms with Crippen LogP contribution < -0.4 is 20.1 Å². The molecule has 3 N–H and O–H groups in total. The number of hydrogen-bond acceptors (Lipinski definition) is 6. The minimum absolute atomic E-state index is 0.00525. The molecule has 0 radical (unpaired) electrons. The van der Waals surface area contributed by atoms with E-state index in [-0.39, 0.29) is 18.3 Å². The highest BCUT2D eigenvalue weighted by Gasteiger charge is 2.21. The van der Waals surface area contributed by atoms with Gasteiger partial charge in [-0.05, 0) is 42.8 Å². The van der Waals surface area contributed by atoms with Crippen molar-refractivity contribution < 1.29 is 33.4 Å². The molecular formula is C18H16N2O7. The van der Waals surface area contributed by atoms with Crippen LogP contribution in [0.1, 0.15) is 23.0 Å². The number of carbonyl (C=O) groups is 3. The van der Waals surface area contributed by atoms with E-state index >= 15 is 0 Å². The van der Waals surface area contributed by atoms with Gasteiger partial charge in [0.1, 0.15) is 11.7 Å². The molecule has 0 saturated heterocycles. The van der Waals surface area contributed by atoms with E-state index in [1.54, 1.807) is 18.2 Å². The molecule has 1 atom stereocenters. The van der Waals surface area contributed by atoms with Crippen LogP contribution in [-0.4, -0.2) is 35.7 Å². The Hall–Kier alpha value is -3.75. The normalized spacial score (nSPS) is 13.7. The third-order valence-electron chi connectivity index (χ3n) is 3.66. The van der Waals surface area contributed by atoms with E-state index in [1.165, 1.54) is 31.4 Å². The number of furan rings is 1. The van der Waals surface area contributed by atoms with Crippen molar-refractivity contribution in [3.63, 3.8) is 0 Å². The number of hydrogen-bond donors (Lipinski definition) is 3. The molecule has 1 aliphatic heterocycles. The molecule has 140 valence electrons. The number of aliphatic carboxylic acids is 1. The van der Waals surface area contributed by atoms with Crippen molar-refractivity contribution in [1.29, 1.82) is 0 Å². The van der Waals surface area contributed by atoms with Crippen LogP contribution in [0, 0.1) is 0 Å². The van der Waals surface area contributed by atoms with Gasteiger partial charge in [-0.1, -0.05) is 6.07 Å². The van der Waals surface area contributed by atoms with Crippen molar-refractivity contribution in [3.8, 4) is 11.5 Å². The van der Waals surface area contributed by atoms with E-state index in [0.29, 0.717) is 17.1 Å². The second-order valence-corrected chi connectivity index (χ2v) is 5.64. The van der Waals surface area contributed by atoms with Crippen LogP contribution in [-0.2, 0) is 9.59 Å². The Morgan fingerprint density at radius 2 is 1.96 bits per heavy atom. The van der Waals surface area contributed by atoms with Crippen LogP contribution in [0.2, 0.25) is 0 Å². The van der Waals surface area contributed by atoms with Crippen molar-refractivity contribution in [2.24, 2.45) is 0 Å². The molecule has 2 aromatic rings. The smallest absolute Gasteiger partial charge is 0.325 e. The Balaban J connectivity index is 1.87. The predicted octanol–water partition coefficient (Wildman–Crippen LogP) is 1.37. The molecule has 2 amide bonds. The molecule has 0 aliphatic carbocycles. The third-order valence-corrected chi connectivity index (χ3v) is 3.66. The van der Waals surface area contributed by atoms with E-state index in [2.05, 4.69) is 10.6 Å². The fourth-order valence-electron chi connectivity index (χ4n) is 2.26. The van der Waals surface area contributed by atoms with Gasteiger partial charge < -0.3 is 29.6 Å². The predicted molar refractivity (Wildman–Crippen MR) is 92.0 cm³/mol. The third kappa shape index (κ3) is 4.27. The summed E-state index contributed by atoms with van der Waals surface area (Å²) >= 11 is 0. The first-order valence-electron chi connectivity index (χ1n) is 7.94. The lowest BCUT2D eigenvalue weighted by Gasteiger charge is -2.13. The summed E-state index contributed by atoms with van der Waals surface area (Å²) in [5.41, 5.74) is 0.399. The number of nitrogens with one attached hydrogen (secondary N) is 2. The second-order valence-electron chi connectivity index (χ2n) is 5.64. The maximum Gasteiger partial charge on any atom is 0.325 e. The Morgan fingerprint density at radius 3 is 2.67 bits per heavy atom. The molecule has 1 aromatic carbocycles. The zero-order valence-electron chi connectivity index (χ0n) is 14.2.